The zero-order valence-electron chi connectivity index (χ0n) is 18.5. The zero-order valence-corrected chi connectivity index (χ0v) is 19.2. The molecule has 9 nitrogen and oxygen atoms in total. The fraction of sp³-hybridized carbons (Fsp3) is 0.304. The maximum absolute atomic E-state index is 14.4. The molecular weight excluding hydrogens is 467 g/mol. The Labute approximate surface area is 199 Å². The Morgan fingerprint density at radius 3 is 2.76 bits per heavy atom. The minimum absolute atomic E-state index is 0.0944. The van der Waals surface area contributed by atoms with Crippen LogP contribution in [-0.2, 0) is 16.1 Å². The number of likely N-dealkylation sites (tertiary alicyclic amines) is 1. The number of nitrogens with zero attached hydrogens (tertiary/aromatic N) is 3. The lowest BCUT2D eigenvalue weighted by atomic mass is 10.1. The Morgan fingerprint density at radius 2 is 2.06 bits per heavy atom. The Balaban J connectivity index is 1.74. The number of anilines is 2. The van der Waals surface area contributed by atoms with Gasteiger partial charge in [-0.25, -0.2) is 14.4 Å². The van der Waals surface area contributed by atoms with E-state index in [2.05, 4.69) is 15.3 Å². The van der Waals surface area contributed by atoms with Gasteiger partial charge < -0.3 is 19.9 Å². The van der Waals surface area contributed by atoms with Crippen molar-refractivity contribution in [2.45, 2.75) is 32.4 Å². The highest BCUT2D eigenvalue weighted by Crippen LogP contribution is 2.36. The average molecular weight is 489 g/mol. The molecule has 1 aromatic heterocycles. The number of aromatic nitrogens is 2. The van der Waals surface area contributed by atoms with Gasteiger partial charge in [0.2, 0.25) is 0 Å². The number of carbonyl (C=O) groups is 2. The molecule has 0 bridgehead atoms. The van der Waals surface area contributed by atoms with E-state index >= 15 is 0 Å². The molecule has 11 heteroatoms. The molecular formula is C23H22ClFN4O5. The second kappa shape index (κ2) is 9.78. The maximum atomic E-state index is 14.4. The Bertz CT molecular complexity index is 1270. The van der Waals surface area contributed by atoms with Crippen LogP contribution < -0.4 is 14.8 Å². The van der Waals surface area contributed by atoms with Crippen LogP contribution >= 0.6 is 11.6 Å². The predicted octanol–water partition coefficient (Wildman–Crippen LogP) is 4.15. The number of carbonyl (C=O) groups excluding carboxylic acids is 1. The average Bonchev–Trinajstić information content (AvgIpc) is 3.25. The fourth-order valence-corrected chi connectivity index (χ4v) is 4.20. The van der Waals surface area contributed by atoms with Crippen LogP contribution in [0.5, 0.6) is 11.5 Å². The topological polar surface area (TPSA) is 114 Å². The van der Waals surface area contributed by atoms with Crippen molar-refractivity contribution < 1.29 is 28.6 Å². The summed E-state index contributed by atoms with van der Waals surface area (Å²) >= 11 is 6.06. The van der Waals surface area contributed by atoms with Crippen LogP contribution in [0.3, 0.4) is 0 Å². The van der Waals surface area contributed by atoms with Gasteiger partial charge in [-0.05, 0) is 43.1 Å². The third kappa shape index (κ3) is 4.87. The van der Waals surface area contributed by atoms with Gasteiger partial charge >= 0.3 is 11.9 Å². The molecule has 2 aromatic carbocycles. The molecule has 1 atom stereocenters. The number of aliphatic carboxylic acids is 1. The van der Waals surface area contributed by atoms with Gasteiger partial charge in [0, 0.05) is 30.6 Å². The smallest absolute Gasteiger partial charge is 0.320 e. The van der Waals surface area contributed by atoms with Gasteiger partial charge in [0.05, 0.1) is 17.6 Å². The number of nitrogens with one attached hydrogen (secondary N) is 1. The number of benzene rings is 2. The lowest BCUT2D eigenvalue weighted by Crippen LogP contribution is -2.35. The maximum Gasteiger partial charge on any atom is 0.320 e. The first kappa shape index (κ1) is 23.7. The van der Waals surface area contributed by atoms with E-state index in [0.29, 0.717) is 46.7 Å². The minimum Gasteiger partial charge on any atom is -0.493 e. The summed E-state index contributed by atoms with van der Waals surface area (Å²) in [6, 6.07) is 5.27. The second-order valence-electron chi connectivity index (χ2n) is 7.85. The van der Waals surface area contributed by atoms with Gasteiger partial charge in [-0.15, -0.1) is 0 Å². The first-order valence-corrected chi connectivity index (χ1v) is 10.9. The van der Waals surface area contributed by atoms with Gasteiger partial charge in [-0.3, -0.25) is 14.5 Å². The van der Waals surface area contributed by atoms with Gasteiger partial charge in [-0.1, -0.05) is 11.6 Å². The summed E-state index contributed by atoms with van der Waals surface area (Å²) in [6.07, 6.45) is 2.62. The minimum atomic E-state index is -0.907. The summed E-state index contributed by atoms with van der Waals surface area (Å²) in [7, 11) is 1.45. The third-order valence-electron chi connectivity index (χ3n) is 5.60. The number of methoxy groups -OCH3 is 1. The number of carboxylic acid groups (broad SMARTS) is 1. The molecule has 0 unspecified atom stereocenters. The van der Waals surface area contributed by atoms with Crippen molar-refractivity contribution in [1.82, 2.24) is 14.9 Å². The number of rotatable bonds is 7. The molecule has 178 valence electrons. The number of carboxylic acids is 1. The summed E-state index contributed by atoms with van der Waals surface area (Å²) in [5.74, 6) is -1.15. The van der Waals surface area contributed by atoms with Crippen molar-refractivity contribution in [3.63, 3.8) is 0 Å². The summed E-state index contributed by atoms with van der Waals surface area (Å²) in [5, 5.41) is 13.1. The second-order valence-corrected chi connectivity index (χ2v) is 8.26. The van der Waals surface area contributed by atoms with Crippen molar-refractivity contribution in [3.8, 4) is 11.5 Å². The molecule has 0 amide bonds. The predicted molar refractivity (Wildman–Crippen MR) is 123 cm³/mol. The normalized spacial score (nSPS) is 15.9. The molecule has 34 heavy (non-hydrogen) atoms. The molecule has 4 rings (SSSR count). The van der Waals surface area contributed by atoms with Crippen molar-refractivity contribution in [2.24, 2.45) is 0 Å². The number of hydrogen-bond acceptors (Lipinski definition) is 8. The number of esters is 1. The van der Waals surface area contributed by atoms with Crippen molar-refractivity contribution in [3.05, 3.63) is 47.0 Å². The van der Waals surface area contributed by atoms with Gasteiger partial charge in [-0.2, -0.15) is 0 Å². The Hall–Kier alpha value is -3.50. The van der Waals surface area contributed by atoms with Crippen molar-refractivity contribution in [1.29, 1.82) is 0 Å². The highest BCUT2D eigenvalue weighted by molar-refractivity contribution is 6.31. The van der Waals surface area contributed by atoms with E-state index in [1.54, 1.807) is 17.0 Å². The van der Waals surface area contributed by atoms with Crippen LogP contribution in [-0.4, -0.2) is 51.6 Å². The molecule has 1 aliphatic rings. The largest absolute Gasteiger partial charge is 0.493 e. The molecule has 3 aromatic rings. The number of hydrogen-bond donors (Lipinski definition) is 2. The molecule has 2 N–H and O–H groups in total. The van der Waals surface area contributed by atoms with E-state index in [-0.39, 0.29) is 17.3 Å². The number of ether oxygens (including phenoxy) is 2. The fourth-order valence-electron chi connectivity index (χ4n) is 4.03. The quantitative estimate of drug-likeness (QED) is 0.374. The number of fused-ring (bicyclic) bond motifs is 1. The van der Waals surface area contributed by atoms with Gasteiger partial charge in [0.15, 0.2) is 11.5 Å². The van der Waals surface area contributed by atoms with Gasteiger partial charge in [0.25, 0.3) is 0 Å². The Kier molecular flexibility index (Phi) is 6.80. The van der Waals surface area contributed by atoms with Crippen LogP contribution in [0.1, 0.15) is 25.3 Å². The molecule has 1 fully saturated rings. The SMILES string of the molecule is COc1cc2ncnc(Nc3cc(Cl)c(F)cc3CN3CCC[C@H]3C(=O)O)c2cc1OC(C)=O. The first-order valence-electron chi connectivity index (χ1n) is 10.5. The monoisotopic (exact) mass is 488 g/mol. The van der Waals surface area contributed by atoms with Gasteiger partial charge in [0.1, 0.15) is 24.0 Å². The third-order valence-corrected chi connectivity index (χ3v) is 5.89. The van der Waals surface area contributed by atoms with E-state index in [0.717, 1.165) is 6.42 Å². The zero-order chi connectivity index (χ0) is 24.4. The van der Waals surface area contributed by atoms with Crippen LogP contribution in [0.2, 0.25) is 5.02 Å². The molecule has 2 heterocycles. The van der Waals surface area contributed by atoms with E-state index in [1.807, 2.05) is 0 Å². The molecule has 1 aliphatic heterocycles. The molecule has 1 saturated heterocycles. The van der Waals surface area contributed by atoms with E-state index in [9.17, 15) is 19.1 Å². The summed E-state index contributed by atoms with van der Waals surface area (Å²) in [6.45, 7) is 2.07. The first-order chi connectivity index (χ1) is 16.3. The number of halogens is 2. The highest BCUT2D eigenvalue weighted by Gasteiger charge is 2.31. The van der Waals surface area contributed by atoms with Crippen LogP contribution in [0, 0.1) is 5.82 Å². The van der Waals surface area contributed by atoms with Crippen LogP contribution in [0.25, 0.3) is 10.9 Å². The molecule has 0 spiro atoms. The van der Waals surface area contributed by atoms with Crippen LogP contribution in [0.4, 0.5) is 15.9 Å². The van der Waals surface area contributed by atoms with Crippen molar-refractivity contribution >= 4 is 45.9 Å². The van der Waals surface area contributed by atoms with Crippen molar-refractivity contribution in [2.75, 3.05) is 19.0 Å². The van der Waals surface area contributed by atoms with E-state index in [4.69, 9.17) is 21.1 Å². The summed E-state index contributed by atoms with van der Waals surface area (Å²) in [5.41, 5.74) is 1.51. The highest BCUT2D eigenvalue weighted by atomic mass is 35.5. The summed E-state index contributed by atoms with van der Waals surface area (Å²) < 4.78 is 24.9. The molecule has 0 saturated carbocycles. The van der Waals surface area contributed by atoms with E-state index in [1.165, 1.54) is 32.5 Å². The molecule has 0 radical (unpaired) electrons. The summed E-state index contributed by atoms with van der Waals surface area (Å²) in [4.78, 5) is 33.5. The van der Waals surface area contributed by atoms with E-state index < -0.39 is 23.8 Å². The lowest BCUT2D eigenvalue weighted by Gasteiger charge is -2.23. The Morgan fingerprint density at radius 1 is 1.26 bits per heavy atom. The molecule has 0 aliphatic carbocycles. The standard InChI is InChI=1S/C23H22ClFN4O5/c1-12(30)34-21-7-14-18(9-20(21)33-2)26-11-27-22(14)28-17-8-15(24)16(25)6-13(17)10-29-5-3-4-19(29)23(31)32/h6-9,11,19H,3-5,10H2,1-2H3,(H,31,32)(H,26,27,28)/t19-/m0/s1. The van der Waals surface area contributed by atoms with Crippen LogP contribution in [0.15, 0.2) is 30.6 Å². The lowest BCUT2D eigenvalue weighted by molar-refractivity contribution is -0.142.